The van der Waals surface area contributed by atoms with Crippen LogP contribution in [-0.4, -0.2) is 11.1 Å². The number of carboxylic acid groups (broad SMARTS) is 1. The van der Waals surface area contributed by atoms with Crippen LogP contribution in [0.3, 0.4) is 0 Å². The number of aliphatic carboxylic acids is 1. The van der Waals surface area contributed by atoms with Crippen LogP contribution in [0, 0.1) is 6.92 Å². The molecule has 1 aromatic rings. The van der Waals surface area contributed by atoms with Crippen LogP contribution in [0.4, 0.5) is 8.78 Å². The highest BCUT2D eigenvalue weighted by Gasteiger charge is 2.38. The van der Waals surface area contributed by atoms with Gasteiger partial charge in [-0.2, -0.15) is 8.78 Å². The van der Waals surface area contributed by atoms with Crippen LogP contribution >= 0.6 is 22.9 Å². The molecule has 0 saturated heterocycles. The van der Waals surface area contributed by atoms with Gasteiger partial charge in [0.05, 0.1) is 9.90 Å². The number of hydrogen-bond donors (Lipinski definition) is 1. The predicted octanol–water partition coefficient (Wildman–Crippen LogP) is 3.28. The molecule has 0 radical (unpaired) electrons. The lowest BCUT2D eigenvalue weighted by Gasteiger charge is -2.12. The SMILES string of the molecule is Cc1csc(C(F)(F)CC(=O)O)c1Cl. The van der Waals surface area contributed by atoms with Gasteiger partial charge in [0.1, 0.15) is 6.42 Å². The first kappa shape index (κ1) is 11.4. The Bertz CT molecular complexity index is 362. The third kappa shape index (κ3) is 2.22. The van der Waals surface area contributed by atoms with Gasteiger partial charge in [-0.25, -0.2) is 0 Å². The molecular formula is C8H7ClF2O2S. The van der Waals surface area contributed by atoms with Crippen LogP contribution < -0.4 is 0 Å². The van der Waals surface area contributed by atoms with Gasteiger partial charge in [-0.15, -0.1) is 11.3 Å². The van der Waals surface area contributed by atoms with E-state index in [2.05, 4.69) is 0 Å². The van der Waals surface area contributed by atoms with E-state index in [0.29, 0.717) is 5.56 Å². The molecule has 14 heavy (non-hydrogen) atoms. The summed E-state index contributed by atoms with van der Waals surface area (Å²) in [6.45, 7) is 1.60. The molecule has 78 valence electrons. The van der Waals surface area contributed by atoms with E-state index in [-0.39, 0.29) is 9.90 Å². The van der Waals surface area contributed by atoms with Gasteiger partial charge in [0.15, 0.2) is 0 Å². The van der Waals surface area contributed by atoms with Crippen LogP contribution in [0.2, 0.25) is 5.02 Å². The van der Waals surface area contributed by atoms with E-state index in [9.17, 15) is 13.6 Å². The molecule has 0 bridgehead atoms. The van der Waals surface area contributed by atoms with Crippen LogP contribution in [0.5, 0.6) is 0 Å². The van der Waals surface area contributed by atoms with Gasteiger partial charge in [-0.05, 0) is 17.9 Å². The topological polar surface area (TPSA) is 37.3 Å². The first-order chi connectivity index (χ1) is 6.34. The summed E-state index contributed by atoms with van der Waals surface area (Å²) in [6, 6.07) is 0. The van der Waals surface area contributed by atoms with E-state index in [4.69, 9.17) is 16.7 Å². The fraction of sp³-hybridized carbons (Fsp3) is 0.375. The van der Waals surface area contributed by atoms with Gasteiger partial charge in [0.25, 0.3) is 5.92 Å². The summed E-state index contributed by atoms with van der Waals surface area (Å²) in [5, 5.41) is 9.73. The third-order valence-electron chi connectivity index (χ3n) is 1.60. The van der Waals surface area contributed by atoms with Gasteiger partial charge in [0.2, 0.25) is 0 Å². The lowest BCUT2D eigenvalue weighted by atomic mass is 10.2. The van der Waals surface area contributed by atoms with Crippen molar-refractivity contribution in [1.82, 2.24) is 0 Å². The quantitative estimate of drug-likeness (QED) is 0.880. The third-order valence-corrected chi connectivity index (χ3v) is 3.41. The molecule has 0 spiro atoms. The Balaban J connectivity index is 3.03. The highest BCUT2D eigenvalue weighted by atomic mass is 35.5. The van der Waals surface area contributed by atoms with Crippen molar-refractivity contribution in [2.45, 2.75) is 19.3 Å². The second-order valence-corrected chi connectivity index (χ2v) is 4.09. The lowest BCUT2D eigenvalue weighted by molar-refractivity contribution is -0.145. The maximum atomic E-state index is 13.2. The molecule has 0 unspecified atom stereocenters. The van der Waals surface area contributed by atoms with Crippen molar-refractivity contribution in [2.75, 3.05) is 0 Å². The number of hydrogen-bond acceptors (Lipinski definition) is 2. The second kappa shape index (κ2) is 3.82. The monoisotopic (exact) mass is 240 g/mol. The van der Waals surface area contributed by atoms with Crippen LogP contribution in [-0.2, 0) is 10.7 Å². The summed E-state index contributed by atoms with van der Waals surface area (Å²) in [6.07, 6.45) is -1.23. The maximum Gasteiger partial charge on any atom is 0.309 e. The second-order valence-electron chi connectivity index (χ2n) is 2.84. The van der Waals surface area contributed by atoms with E-state index in [1.54, 1.807) is 6.92 Å². The van der Waals surface area contributed by atoms with Crippen LogP contribution in [0.25, 0.3) is 0 Å². The average molecular weight is 241 g/mol. The van der Waals surface area contributed by atoms with Crippen molar-refractivity contribution in [3.8, 4) is 0 Å². The largest absolute Gasteiger partial charge is 0.481 e. The normalized spacial score (nSPS) is 11.7. The summed E-state index contributed by atoms with van der Waals surface area (Å²) in [7, 11) is 0. The molecule has 1 N–H and O–H groups in total. The minimum absolute atomic E-state index is 0.0405. The molecule has 0 aliphatic carbocycles. The smallest absolute Gasteiger partial charge is 0.309 e. The molecule has 0 aliphatic rings. The Morgan fingerprint density at radius 3 is 2.64 bits per heavy atom. The number of aryl methyl sites for hydroxylation is 1. The molecule has 0 saturated carbocycles. The molecule has 0 aromatic carbocycles. The highest BCUT2D eigenvalue weighted by molar-refractivity contribution is 7.10. The summed E-state index contributed by atoms with van der Waals surface area (Å²) < 4.78 is 26.5. The highest BCUT2D eigenvalue weighted by Crippen LogP contribution is 2.41. The molecule has 1 rings (SSSR count). The number of carbonyl (C=O) groups is 1. The van der Waals surface area contributed by atoms with E-state index < -0.39 is 18.3 Å². The van der Waals surface area contributed by atoms with Gasteiger partial charge in [0, 0.05) is 0 Å². The minimum atomic E-state index is -3.39. The van der Waals surface area contributed by atoms with Gasteiger partial charge >= 0.3 is 5.97 Å². The van der Waals surface area contributed by atoms with Crippen molar-refractivity contribution in [1.29, 1.82) is 0 Å². The number of thiophene rings is 1. The first-order valence-electron chi connectivity index (χ1n) is 3.68. The molecule has 2 nitrogen and oxygen atoms in total. The summed E-state index contributed by atoms with van der Waals surface area (Å²) >= 11 is 6.39. The molecule has 0 fully saturated rings. The first-order valence-corrected chi connectivity index (χ1v) is 4.94. The minimum Gasteiger partial charge on any atom is -0.481 e. The van der Waals surface area contributed by atoms with Crippen molar-refractivity contribution < 1.29 is 18.7 Å². The summed E-state index contributed by atoms with van der Waals surface area (Å²) in [4.78, 5) is 9.81. The molecule has 0 aliphatic heterocycles. The molecule has 0 atom stereocenters. The number of carboxylic acids is 1. The Hall–Kier alpha value is -0.680. The molecular weight excluding hydrogens is 234 g/mol. The maximum absolute atomic E-state index is 13.2. The fourth-order valence-corrected chi connectivity index (χ4v) is 2.26. The predicted molar refractivity (Wildman–Crippen MR) is 50.2 cm³/mol. The number of halogens is 3. The van der Waals surface area contributed by atoms with E-state index >= 15 is 0 Å². The number of alkyl halides is 2. The Kier molecular flexibility index (Phi) is 3.11. The van der Waals surface area contributed by atoms with Crippen LogP contribution in [0.15, 0.2) is 5.38 Å². The van der Waals surface area contributed by atoms with Crippen molar-refractivity contribution in [3.63, 3.8) is 0 Å². The molecule has 1 aromatic heterocycles. The zero-order chi connectivity index (χ0) is 10.9. The standard InChI is InChI=1S/C8H7ClF2O2S/c1-4-3-14-7(6(4)9)8(10,11)2-5(12)13/h3H,2H2,1H3,(H,12,13). The fourth-order valence-electron chi connectivity index (χ4n) is 0.947. The van der Waals surface area contributed by atoms with Gasteiger partial charge in [-0.3, -0.25) is 4.79 Å². The lowest BCUT2D eigenvalue weighted by Crippen LogP contribution is -2.17. The van der Waals surface area contributed by atoms with Gasteiger partial charge in [-0.1, -0.05) is 11.6 Å². The molecule has 0 amide bonds. The number of rotatable bonds is 3. The van der Waals surface area contributed by atoms with E-state index in [0.717, 1.165) is 11.3 Å². The van der Waals surface area contributed by atoms with E-state index in [1.165, 1.54) is 5.38 Å². The molecule has 6 heteroatoms. The Morgan fingerprint density at radius 2 is 2.29 bits per heavy atom. The Morgan fingerprint density at radius 1 is 1.71 bits per heavy atom. The average Bonchev–Trinajstić information content (AvgIpc) is 2.30. The zero-order valence-electron chi connectivity index (χ0n) is 7.18. The van der Waals surface area contributed by atoms with Crippen molar-refractivity contribution in [3.05, 3.63) is 20.8 Å². The van der Waals surface area contributed by atoms with Crippen LogP contribution in [0.1, 0.15) is 16.9 Å². The zero-order valence-corrected chi connectivity index (χ0v) is 8.75. The van der Waals surface area contributed by atoms with Crippen molar-refractivity contribution >= 4 is 28.9 Å². The van der Waals surface area contributed by atoms with E-state index in [1.807, 2.05) is 0 Å². The summed E-state index contributed by atoms with van der Waals surface area (Å²) in [5.74, 6) is -4.93. The van der Waals surface area contributed by atoms with Crippen molar-refractivity contribution in [2.24, 2.45) is 0 Å². The Labute approximate surface area is 88.1 Å². The summed E-state index contributed by atoms with van der Waals surface area (Å²) in [5.41, 5.74) is 0.539. The van der Waals surface area contributed by atoms with Gasteiger partial charge < -0.3 is 5.11 Å². The molecule has 1 heterocycles.